The lowest BCUT2D eigenvalue weighted by Crippen LogP contribution is -2.36. The van der Waals surface area contributed by atoms with Crippen LogP contribution >= 0.6 is 11.3 Å². The van der Waals surface area contributed by atoms with E-state index in [1.807, 2.05) is 13.0 Å². The van der Waals surface area contributed by atoms with E-state index in [1.54, 1.807) is 13.3 Å². The number of nitrogens with zero attached hydrogens (tertiary/aromatic N) is 4. The predicted octanol–water partition coefficient (Wildman–Crippen LogP) is 3.18. The summed E-state index contributed by atoms with van der Waals surface area (Å²) in [6.45, 7) is 2.76. The third-order valence-electron chi connectivity index (χ3n) is 6.57. The van der Waals surface area contributed by atoms with Crippen LogP contribution in [0.15, 0.2) is 12.3 Å². The highest BCUT2D eigenvalue weighted by Gasteiger charge is 2.46. The molecule has 0 bridgehead atoms. The lowest BCUT2D eigenvalue weighted by atomic mass is 10.1. The number of aliphatic hydroxyl groups excluding tert-OH is 2. The molecule has 3 aromatic rings. The summed E-state index contributed by atoms with van der Waals surface area (Å²) in [7, 11) is 1.59. The first-order valence-corrected chi connectivity index (χ1v) is 12.5. The Balaban J connectivity index is 1.54. The van der Waals surface area contributed by atoms with E-state index in [0.29, 0.717) is 47.1 Å². The van der Waals surface area contributed by atoms with Crippen LogP contribution in [-0.2, 0) is 4.74 Å². The summed E-state index contributed by atoms with van der Waals surface area (Å²) in [5.74, 6) is -0.186. The minimum atomic E-state index is -2.73. The molecule has 0 aliphatic heterocycles. The Bertz CT molecular complexity index is 1210. The third-order valence-corrected chi connectivity index (χ3v) is 7.60. The van der Waals surface area contributed by atoms with Gasteiger partial charge in [-0.2, -0.15) is 4.98 Å². The molecule has 188 valence electrons. The van der Waals surface area contributed by atoms with E-state index < -0.39 is 30.6 Å². The van der Waals surface area contributed by atoms with Crippen molar-refractivity contribution >= 4 is 33.3 Å². The summed E-state index contributed by atoms with van der Waals surface area (Å²) < 4.78 is 32.8. The maximum Gasteiger partial charge on any atom is 0.244 e. The van der Waals surface area contributed by atoms with Gasteiger partial charge in [-0.3, -0.25) is 4.98 Å². The van der Waals surface area contributed by atoms with Gasteiger partial charge in [0.15, 0.2) is 0 Å². The Kier molecular flexibility index (Phi) is 6.80. The van der Waals surface area contributed by atoms with Crippen LogP contribution in [0, 0.1) is 12.8 Å². The second-order valence-electron chi connectivity index (χ2n) is 9.08. The molecule has 35 heavy (non-hydrogen) atoms. The van der Waals surface area contributed by atoms with Gasteiger partial charge in [0, 0.05) is 25.8 Å². The number of nitrogens with one attached hydrogen (secondary N) is 2. The van der Waals surface area contributed by atoms with Crippen molar-refractivity contribution in [3.8, 4) is 10.6 Å². The quantitative estimate of drug-likeness (QED) is 0.324. The second kappa shape index (κ2) is 9.84. The molecule has 0 amide bonds. The van der Waals surface area contributed by atoms with E-state index in [0.717, 1.165) is 28.8 Å². The Morgan fingerprint density at radius 1 is 1.20 bits per heavy atom. The number of fused-ring (bicyclic) bond motifs is 1. The van der Waals surface area contributed by atoms with E-state index >= 15 is 0 Å². The third kappa shape index (κ3) is 4.80. The van der Waals surface area contributed by atoms with Crippen molar-refractivity contribution in [1.82, 2.24) is 19.9 Å². The first kappa shape index (κ1) is 24.2. The van der Waals surface area contributed by atoms with E-state index in [2.05, 4.69) is 25.6 Å². The minimum Gasteiger partial charge on any atom is -0.390 e. The second-order valence-corrected chi connectivity index (χ2v) is 10.1. The van der Waals surface area contributed by atoms with Gasteiger partial charge in [0.2, 0.25) is 12.4 Å². The molecule has 0 saturated heterocycles. The molecule has 9 nitrogen and oxygen atoms in total. The number of aryl methyl sites for hydroxylation is 1. The van der Waals surface area contributed by atoms with Crippen LogP contribution in [0.25, 0.3) is 20.8 Å². The van der Waals surface area contributed by atoms with Crippen molar-refractivity contribution < 1.29 is 23.7 Å². The van der Waals surface area contributed by atoms with Crippen molar-refractivity contribution in [2.45, 2.75) is 56.8 Å². The first-order valence-electron chi connectivity index (χ1n) is 11.7. The molecule has 2 saturated carbocycles. The number of hydrogen-bond donors (Lipinski definition) is 4. The molecule has 5 rings (SSSR count). The van der Waals surface area contributed by atoms with Gasteiger partial charge in [0.05, 0.1) is 46.3 Å². The molecule has 0 spiro atoms. The molecule has 4 unspecified atom stereocenters. The molecule has 4 N–H and O–H groups in total. The van der Waals surface area contributed by atoms with Gasteiger partial charge in [-0.05, 0) is 32.3 Å². The summed E-state index contributed by atoms with van der Waals surface area (Å²) in [6.07, 6.45) is -1.71. The van der Waals surface area contributed by atoms with Crippen molar-refractivity contribution in [1.29, 1.82) is 0 Å². The highest BCUT2D eigenvalue weighted by atomic mass is 32.1. The van der Waals surface area contributed by atoms with E-state index in [-0.39, 0.29) is 6.42 Å². The summed E-state index contributed by atoms with van der Waals surface area (Å²) in [6, 6.07) is 1.12. The zero-order chi connectivity index (χ0) is 24.7. The highest BCUT2D eigenvalue weighted by molar-refractivity contribution is 7.21. The zero-order valence-electron chi connectivity index (χ0n) is 19.4. The zero-order valence-corrected chi connectivity index (χ0v) is 20.2. The first-order chi connectivity index (χ1) is 16.9. The number of pyridine rings is 1. The standard InChI is InChI=1S/C23H28F2N6O3S/c1-10-15(22-30-17-14(35-22)5-6-26-16(17)11-3-4-11)21(31-23(28-10)27-7-8-34-2)29-13-9-12(20(24)25)18(32)19(13)33/h5-6,11-13,18-20,32-33H,3-4,7-9H2,1-2H3,(H2,27,28,29,31). The fraction of sp³-hybridized carbons (Fsp3) is 0.565. The van der Waals surface area contributed by atoms with Crippen molar-refractivity contribution in [3.05, 3.63) is 23.7 Å². The molecular weight excluding hydrogens is 478 g/mol. The summed E-state index contributed by atoms with van der Waals surface area (Å²) in [5.41, 5.74) is 3.12. The SMILES string of the molecule is COCCNc1nc(C)c(-c2nc3c(C4CC4)nccc3s2)c(NC2CC(C(F)F)C(O)C2O)n1. The van der Waals surface area contributed by atoms with Crippen LogP contribution in [0.5, 0.6) is 0 Å². The number of ether oxygens (including phenoxy) is 1. The predicted molar refractivity (Wildman–Crippen MR) is 129 cm³/mol. The molecule has 0 aromatic carbocycles. The smallest absolute Gasteiger partial charge is 0.244 e. The van der Waals surface area contributed by atoms with Crippen LogP contribution in [0.2, 0.25) is 0 Å². The van der Waals surface area contributed by atoms with Gasteiger partial charge >= 0.3 is 0 Å². The molecule has 0 radical (unpaired) electrons. The Hall–Kier alpha value is -2.54. The summed E-state index contributed by atoms with van der Waals surface area (Å²) >= 11 is 1.49. The lowest BCUT2D eigenvalue weighted by molar-refractivity contribution is -0.0333. The number of aromatic nitrogens is 4. The van der Waals surface area contributed by atoms with E-state index in [1.165, 1.54) is 11.3 Å². The number of thiazole rings is 1. The minimum absolute atomic E-state index is 0.0927. The fourth-order valence-electron chi connectivity index (χ4n) is 4.55. The van der Waals surface area contributed by atoms with Gasteiger partial charge in [0.25, 0.3) is 0 Å². The van der Waals surface area contributed by atoms with E-state index in [4.69, 9.17) is 9.72 Å². The van der Waals surface area contributed by atoms with Gasteiger partial charge in [-0.15, -0.1) is 11.3 Å². The Labute approximate surface area is 205 Å². The van der Waals surface area contributed by atoms with Crippen molar-refractivity contribution in [3.63, 3.8) is 0 Å². The number of anilines is 2. The number of hydrogen-bond acceptors (Lipinski definition) is 10. The van der Waals surface area contributed by atoms with Gasteiger partial charge in [0.1, 0.15) is 22.4 Å². The molecule has 3 aromatic heterocycles. The number of methoxy groups -OCH3 is 1. The maximum atomic E-state index is 13.4. The van der Waals surface area contributed by atoms with Gasteiger partial charge in [-0.25, -0.2) is 18.7 Å². The van der Waals surface area contributed by atoms with Crippen LogP contribution in [0.1, 0.15) is 36.6 Å². The molecule has 2 aliphatic carbocycles. The number of alkyl halides is 2. The van der Waals surface area contributed by atoms with Gasteiger partial charge in [-0.1, -0.05) is 0 Å². The molecule has 12 heteroatoms. The number of rotatable bonds is 9. The molecule has 2 aliphatic rings. The highest BCUT2D eigenvalue weighted by Crippen LogP contribution is 2.44. The number of halogens is 2. The van der Waals surface area contributed by atoms with Crippen LogP contribution in [0.4, 0.5) is 20.5 Å². The maximum absolute atomic E-state index is 13.4. The number of aliphatic hydroxyl groups is 2. The fourth-order valence-corrected chi connectivity index (χ4v) is 5.62. The molecule has 2 fully saturated rings. The van der Waals surface area contributed by atoms with Crippen LogP contribution in [-0.4, -0.2) is 75.1 Å². The molecule has 4 atom stereocenters. The van der Waals surface area contributed by atoms with Crippen LogP contribution in [0.3, 0.4) is 0 Å². The molecular formula is C23H28F2N6O3S. The Morgan fingerprint density at radius 2 is 2.00 bits per heavy atom. The monoisotopic (exact) mass is 506 g/mol. The normalized spacial score (nSPS) is 24.4. The lowest BCUT2D eigenvalue weighted by Gasteiger charge is -2.21. The summed E-state index contributed by atoms with van der Waals surface area (Å²) in [5, 5.41) is 27.5. The summed E-state index contributed by atoms with van der Waals surface area (Å²) in [4.78, 5) is 18.6. The largest absolute Gasteiger partial charge is 0.390 e. The van der Waals surface area contributed by atoms with Crippen molar-refractivity contribution in [2.75, 3.05) is 30.9 Å². The van der Waals surface area contributed by atoms with Gasteiger partial charge < -0.3 is 25.6 Å². The average molecular weight is 507 g/mol. The average Bonchev–Trinajstić information content (AvgIpc) is 3.52. The Morgan fingerprint density at radius 3 is 2.69 bits per heavy atom. The topological polar surface area (TPSA) is 125 Å². The van der Waals surface area contributed by atoms with E-state index in [9.17, 15) is 19.0 Å². The van der Waals surface area contributed by atoms with Crippen LogP contribution < -0.4 is 10.6 Å². The molecule has 3 heterocycles. The van der Waals surface area contributed by atoms with Crippen molar-refractivity contribution in [2.24, 2.45) is 5.92 Å².